The molecule has 3 heterocycles. The van der Waals surface area contributed by atoms with E-state index in [0.29, 0.717) is 6.54 Å². The Hall–Kier alpha value is -3.18. The molecule has 2 aliphatic rings. The van der Waals surface area contributed by atoms with Gasteiger partial charge in [-0.05, 0) is 48.9 Å². The summed E-state index contributed by atoms with van der Waals surface area (Å²) in [5.41, 5.74) is 3.06. The lowest BCUT2D eigenvalue weighted by molar-refractivity contribution is 0.154. The third-order valence-corrected chi connectivity index (χ3v) is 6.79. The number of pyridine rings is 2. The zero-order chi connectivity index (χ0) is 20.9. The Morgan fingerprint density at radius 2 is 1.84 bits per heavy atom. The minimum absolute atomic E-state index is 0.0569. The number of para-hydroxylation sites is 1. The van der Waals surface area contributed by atoms with Gasteiger partial charge in [0.2, 0.25) is 0 Å². The molecule has 2 fully saturated rings. The van der Waals surface area contributed by atoms with Crippen molar-refractivity contribution in [2.24, 2.45) is 0 Å². The highest BCUT2D eigenvalue weighted by Crippen LogP contribution is 2.50. The van der Waals surface area contributed by atoms with Crippen molar-refractivity contribution in [2.45, 2.75) is 37.3 Å². The molecule has 2 aromatic heterocycles. The highest BCUT2D eigenvalue weighted by Gasteiger charge is 2.41. The molecule has 2 aromatic carbocycles. The summed E-state index contributed by atoms with van der Waals surface area (Å²) < 4.78 is 1.90. The molecule has 5 heteroatoms. The second-order valence-corrected chi connectivity index (χ2v) is 8.85. The summed E-state index contributed by atoms with van der Waals surface area (Å²) in [6, 6.07) is 20.6. The number of aromatic nitrogens is 2. The van der Waals surface area contributed by atoms with Gasteiger partial charge < -0.3 is 14.6 Å². The molecule has 1 saturated heterocycles. The molecule has 0 bridgehead atoms. The van der Waals surface area contributed by atoms with Crippen molar-refractivity contribution in [3.63, 3.8) is 0 Å². The lowest BCUT2D eigenvalue weighted by Gasteiger charge is -2.32. The summed E-state index contributed by atoms with van der Waals surface area (Å²) in [6.07, 6.45) is 4.30. The SMILES string of the molecule is O=c1c2c(N3CCC[C@H](O)C3)cccc2ccn1C1CC1c1ccc2ccccc2n1. The molecule has 1 aliphatic heterocycles. The van der Waals surface area contributed by atoms with E-state index in [4.69, 9.17) is 4.98 Å². The molecule has 4 aromatic rings. The summed E-state index contributed by atoms with van der Waals surface area (Å²) in [4.78, 5) is 20.6. The number of aliphatic hydroxyl groups is 1. The first-order chi connectivity index (χ1) is 15.2. The number of anilines is 1. The number of fused-ring (bicyclic) bond motifs is 2. The maximum absolute atomic E-state index is 13.6. The normalized spacial score (nSPS) is 23.4. The number of β-amino-alcohol motifs (C(OH)–C–C–N with tert-alkyl or cyclic N) is 1. The van der Waals surface area contributed by atoms with Gasteiger partial charge >= 0.3 is 0 Å². The van der Waals surface area contributed by atoms with Gasteiger partial charge in [0.1, 0.15) is 0 Å². The van der Waals surface area contributed by atoms with E-state index in [9.17, 15) is 9.90 Å². The lowest BCUT2D eigenvalue weighted by Crippen LogP contribution is -2.39. The smallest absolute Gasteiger partial charge is 0.260 e. The number of hydrogen-bond donors (Lipinski definition) is 1. The van der Waals surface area contributed by atoms with Crippen molar-refractivity contribution in [3.8, 4) is 0 Å². The monoisotopic (exact) mass is 411 g/mol. The first kappa shape index (κ1) is 18.6. The fourth-order valence-corrected chi connectivity index (χ4v) is 5.08. The van der Waals surface area contributed by atoms with Crippen LogP contribution in [0.3, 0.4) is 0 Å². The summed E-state index contributed by atoms with van der Waals surface area (Å²) in [5, 5.41) is 13.0. The van der Waals surface area contributed by atoms with Gasteiger partial charge in [-0.15, -0.1) is 0 Å². The van der Waals surface area contributed by atoms with Crippen molar-refractivity contribution in [3.05, 3.63) is 82.9 Å². The summed E-state index contributed by atoms with van der Waals surface area (Å²) in [7, 11) is 0. The zero-order valence-corrected chi connectivity index (χ0v) is 17.3. The zero-order valence-electron chi connectivity index (χ0n) is 17.3. The van der Waals surface area contributed by atoms with Crippen LogP contribution in [0.4, 0.5) is 5.69 Å². The molecule has 0 spiro atoms. The molecule has 2 unspecified atom stereocenters. The Morgan fingerprint density at radius 3 is 2.74 bits per heavy atom. The van der Waals surface area contributed by atoms with Crippen LogP contribution in [0.25, 0.3) is 21.7 Å². The van der Waals surface area contributed by atoms with E-state index in [1.54, 1.807) is 0 Å². The van der Waals surface area contributed by atoms with E-state index >= 15 is 0 Å². The molecule has 3 atom stereocenters. The van der Waals surface area contributed by atoms with Gasteiger partial charge in [-0.1, -0.05) is 36.4 Å². The number of piperidine rings is 1. The molecule has 0 amide bonds. The topological polar surface area (TPSA) is 58.4 Å². The molecule has 156 valence electrons. The lowest BCUT2D eigenvalue weighted by atomic mass is 10.0. The Kier molecular flexibility index (Phi) is 4.32. The maximum atomic E-state index is 13.6. The predicted molar refractivity (Wildman–Crippen MR) is 124 cm³/mol. The largest absolute Gasteiger partial charge is 0.391 e. The molecule has 1 N–H and O–H groups in total. The van der Waals surface area contributed by atoms with Gasteiger partial charge in [0.15, 0.2) is 0 Å². The van der Waals surface area contributed by atoms with E-state index in [1.807, 2.05) is 53.2 Å². The minimum atomic E-state index is -0.332. The van der Waals surface area contributed by atoms with Crippen LogP contribution in [0.15, 0.2) is 71.7 Å². The first-order valence-corrected chi connectivity index (χ1v) is 11.1. The van der Waals surface area contributed by atoms with Crippen LogP contribution in [0.2, 0.25) is 0 Å². The fraction of sp³-hybridized carbons (Fsp3) is 0.308. The summed E-state index contributed by atoms with van der Waals surface area (Å²) in [6.45, 7) is 1.46. The van der Waals surface area contributed by atoms with Crippen LogP contribution in [0.5, 0.6) is 0 Å². The van der Waals surface area contributed by atoms with Crippen LogP contribution in [-0.4, -0.2) is 33.9 Å². The van der Waals surface area contributed by atoms with Gasteiger partial charge in [-0.3, -0.25) is 9.78 Å². The van der Waals surface area contributed by atoms with Crippen molar-refractivity contribution < 1.29 is 5.11 Å². The van der Waals surface area contributed by atoms with E-state index in [0.717, 1.165) is 58.9 Å². The van der Waals surface area contributed by atoms with Crippen molar-refractivity contribution in [1.29, 1.82) is 0 Å². The van der Waals surface area contributed by atoms with Crippen LogP contribution >= 0.6 is 0 Å². The molecule has 0 radical (unpaired) electrons. The standard InChI is InChI=1S/C26H25N3O2/c30-19-7-4-13-28(16-19)23-9-3-6-18-12-14-29(26(31)25(18)23)24-15-20(24)22-11-10-17-5-1-2-8-21(17)27-22/h1-3,5-6,8-12,14,19-20,24,30H,4,7,13,15-16H2/t19-,20?,24?/m0/s1. The van der Waals surface area contributed by atoms with E-state index in [-0.39, 0.29) is 23.6 Å². The second kappa shape index (κ2) is 7.20. The first-order valence-electron chi connectivity index (χ1n) is 11.1. The summed E-state index contributed by atoms with van der Waals surface area (Å²) in [5.74, 6) is 0.267. The van der Waals surface area contributed by atoms with Crippen LogP contribution < -0.4 is 10.5 Å². The Labute approximate surface area is 180 Å². The second-order valence-electron chi connectivity index (χ2n) is 8.85. The van der Waals surface area contributed by atoms with E-state index in [1.165, 1.54) is 0 Å². The predicted octanol–water partition coefficient (Wildman–Crippen LogP) is 4.24. The average Bonchev–Trinajstić information content (AvgIpc) is 3.59. The van der Waals surface area contributed by atoms with Crippen molar-refractivity contribution in [1.82, 2.24) is 9.55 Å². The Bertz CT molecular complexity index is 1350. The number of rotatable bonds is 3. The van der Waals surface area contributed by atoms with Gasteiger partial charge in [-0.25, -0.2) is 0 Å². The molecule has 1 saturated carbocycles. The quantitative estimate of drug-likeness (QED) is 0.548. The molecule has 31 heavy (non-hydrogen) atoms. The highest BCUT2D eigenvalue weighted by atomic mass is 16.3. The van der Waals surface area contributed by atoms with Crippen LogP contribution in [0.1, 0.15) is 36.9 Å². The number of hydrogen-bond acceptors (Lipinski definition) is 4. The molecular weight excluding hydrogens is 386 g/mol. The number of benzene rings is 2. The third kappa shape index (κ3) is 3.20. The fourth-order valence-electron chi connectivity index (χ4n) is 5.08. The highest BCUT2D eigenvalue weighted by molar-refractivity contribution is 5.93. The molecule has 5 nitrogen and oxygen atoms in total. The van der Waals surface area contributed by atoms with E-state index < -0.39 is 0 Å². The van der Waals surface area contributed by atoms with Gasteiger partial charge in [0, 0.05) is 42.3 Å². The number of aliphatic hydroxyl groups excluding tert-OH is 1. The molecular formula is C26H25N3O2. The molecule has 1 aliphatic carbocycles. The van der Waals surface area contributed by atoms with Crippen molar-refractivity contribution >= 4 is 27.4 Å². The van der Waals surface area contributed by atoms with Gasteiger partial charge in [-0.2, -0.15) is 0 Å². The van der Waals surface area contributed by atoms with Crippen LogP contribution in [0, 0.1) is 0 Å². The maximum Gasteiger partial charge on any atom is 0.260 e. The van der Waals surface area contributed by atoms with Gasteiger partial charge in [0.05, 0.1) is 22.7 Å². The van der Waals surface area contributed by atoms with E-state index in [2.05, 4.69) is 23.1 Å². The van der Waals surface area contributed by atoms with Crippen LogP contribution in [-0.2, 0) is 0 Å². The summed E-state index contributed by atoms with van der Waals surface area (Å²) >= 11 is 0. The third-order valence-electron chi connectivity index (χ3n) is 6.79. The Balaban J connectivity index is 1.38. The Morgan fingerprint density at radius 1 is 0.968 bits per heavy atom. The average molecular weight is 412 g/mol. The number of nitrogens with zero attached hydrogens (tertiary/aromatic N) is 3. The molecule has 6 rings (SSSR count). The van der Waals surface area contributed by atoms with Crippen molar-refractivity contribution in [2.75, 3.05) is 18.0 Å². The van der Waals surface area contributed by atoms with Gasteiger partial charge in [0.25, 0.3) is 5.56 Å². The minimum Gasteiger partial charge on any atom is -0.391 e.